The molecule has 2 aromatic rings. The summed E-state index contributed by atoms with van der Waals surface area (Å²) in [6.45, 7) is 7.25. The minimum atomic E-state index is -0.344. The molecule has 0 saturated heterocycles. The molecule has 0 aliphatic carbocycles. The topological polar surface area (TPSA) is 103 Å². The summed E-state index contributed by atoms with van der Waals surface area (Å²) in [4.78, 5) is 12.6. The Morgan fingerprint density at radius 2 is 1.96 bits per heavy atom. The molecule has 4 N–H and O–H groups in total. The summed E-state index contributed by atoms with van der Waals surface area (Å²) >= 11 is 0. The van der Waals surface area contributed by atoms with Crippen molar-refractivity contribution in [2.45, 2.75) is 13.8 Å². The van der Waals surface area contributed by atoms with Gasteiger partial charge in [-0.15, -0.1) is 0 Å². The minimum Gasteiger partial charge on any atom is -0.398 e. The maximum atomic E-state index is 12.6. The van der Waals surface area contributed by atoms with Crippen molar-refractivity contribution in [1.29, 1.82) is 10.7 Å². The molecule has 1 amide bonds. The van der Waals surface area contributed by atoms with Gasteiger partial charge in [0.1, 0.15) is 0 Å². The summed E-state index contributed by atoms with van der Waals surface area (Å²) in [5.74, 6) is -0.344. The second kappa shape index (κ2) is 6.80. The van der Waals surface area contributed by atoms with Crippen molar-refractivity contribution in [3.05, 3.63) is 65.2 Å². The Bertz CT molecular complexity index is 891. The fourth-order valence-corrected chi connectivity index (χ4v) is 2.45. The number of amides is 1. The standard InChI is InChI=1S/C19H18N4O/c1-11(2)18-13(10-20)5-4-6-15(18)19(24)23-14-7-8-17(22)16(9-14)12(3)21/h4-9,21H,1,22H2,2-3H3,(H,23,24). The predicted octanol–water partition coefficient (Wildman–Crippen LogP) is 3.81. The molecule has 0 unspecified atom stereocenters. The van der Waals surface area contributed by atoms with Gasteiger partial charge >= 0.3 is 0 Å². The molecule has 0 aliphatic rings. The van der Waals surface area contributed by atoms with E-state index in [4.69, 9.17) is 11.1 Å². The molecule has 0 heterocycles. The smallest absolute Gasteiger partial charge is 0.256 e. The van der Waals surface area contributed by atoms with Crippen LogP contribution < -0.4 is 11.1 Å². The van der Waals surface area contributed by atoms with Crippen LogP contribution in [0.3, 0.4) is 0 Å². The Morgan fingerprint density at radius 3 is 2.54 bits per heavy atom. The van der Waals surface area contributed by atoms with E-state index in [2.05, 4.69) is 18.0 Å². The van der Waals surface area contributed by atoms with E-state index in [0.717, 1.165) is 0 Å². The summed E-state index contributed by atoms with van der Waals surface area (Å²) in [6, 6.07) is 12.0. The van der Waals surface area contributed by atoms with Crippen LogP contribution in [-0.4, -0.2) is 11.6 Å². The lowest BCUT2D eigenvalue weighted by molar-refractivity contribution is 0.102. The number of hydrogen-bond acceptors (Lipinski definition) is 4. The van der Waals surface area contributed by atoms with Crippen molar-refractivity contribution in [2.24, 2.45) is 0 Å². The Kier molecular flexibility index (Phi) is 4.81. The van der Waals surface area contributed by atoms with Crippen LogP contribution in [0.4, 0.5) is 11.4 Å². The van der Waals surface area contributed by atoms with Crippen LogP contribution in [0.2, 0.25) is 0 Å². The minimum absolute atomic E-state index is 0.317. The van der Waals surface area contributed by atoms with Gasteiger partial charge in [0, 0.05) is 33.8 Å². The first-order valence-electron chi connectivity index (χ1n) is 7.30. The molecule has 0 fully saturated rings. The fraction of sp³-hybridized carbons (Fsp3) is 0.105. The molecule has 5 heteroatoms. The van der Waals surface area contributed by atoms with Crippen molar-refractivity contribution in [2.75, 3.05) is 11.1 Å². The van der Waals surface area contributed by atoms with Gasteiger partial charge in [-0.3, -0.25) is 4.79 Å². The molecule has 0 saturated carbocycles. The first kappa shape index (κ1) is 17.0. The van der Waals surface area contributed by atoms with Crippen molar-refractivity contribution < 1.29 is 4.79 Å². The molecule has 5 nitrogen and oxygen atoms in total. The number of carbonyl (C=O) groups excluding carboxylic acids is 1. The third kappa shape index (κ3) is 3.33. The summed E-state index contributed by atoms with van der Waals surface area (Å²) in [7, 11) is 0. The summed E-state index contributed by atoms with van der Waals surface area (Å²) in [5.41, 5.74) is 9.70. The van der Waals surface area contributed by atoms with Crippen molar-refractivity contribution in [3.8, 4) is 6.07 Å². The van der Waals surface area contributed by atoms with Crippen molar-refractivity contribution >= 4 is 28.6 Å². The number of allylic oxidation sites excluding steroid dienone is 1. The summed E-state index contributed by atoms with van der Waals surface area (Å²) in [6.07, 6.45) is 0. The number of carbonyl (C=O) groups is 1. The van der Waals surface area contributed by atoms with Crippen LogP contribution in [0, 0.1) is 16.7 Å². The predicted molar refractivity (Wildman–Crippen MR) is 97.2 cm³/mol. The highest BCUT2D eigenvalue weighted by Crippen LogP contribution is 2.24. The van der Waals surface area contributed by atoms with E-state index in [9.17, 15) is 10.1 Å². The number of nitrogen functional groups attached to an aromatic ring is 1. The zero-order valence-electron chi connectivity index (χ0n) is 13.6. The first-order chi connectivity index (χ1) is 11.3. The molecule has 0 spiro atoms. The second-order valence-corrected chi connectivity index (χ2v) is 5.50. The quantitative estimate of drug-likeness (QED) is 0.590. The van der Waals surface area contributed by atoms with Crippen LogP contribution >= 0.6 is 0 Å². The van der Waals surface area contributed by atoms with Gasteiger partial charge in [0.25, 0.3) is 5.91 Å². The number of nitrogens with one attached hydrogen (secondary N) is 2. The summed E-state index contributed by atoms with van der Waals surface area (Å²) < 4.78 is 0. The lowest BCUT2D eigenvalue weighted by Gasteiger charge is -2.13. The van der Waals surface area contributed by atoms with Crippen molar-refractivity contribution in [1.82, 2.24) is 0 Å². The normalized spacial score (nSPS) is 9.88. The first-order valence-corrected chi connectivity index (χ1v) is 7.30. The molecule has 0 atom stereocenters. The molecule has 0 radical (unpaired) electrons. The largest absolute Gasteiger partial charge is 0.398 e. The number of hydrogen-bond donors (Lipinski definition) is 3. The van der Waals surface area contributed by atoms with Gasteiger partial charge in [-0.25, -0.2) is 0 Å². The van der Waals surface area contributed by atoms with Gasteiger partial charge in [0.15, 0.2) is 0 Å². The Hall–Kier alpha value is -3.39. The highest BCUT2D eigenvalue weighted by Gasteiger charge is 2.16. The molecule has 120 valence electrons. The third-order valence-corrected chi connectivity index (χ3v) is 3.57. The molecule has 0 bridgehead atoms. The van der Waals surface area contributed by atoms with E-state index in [1.807, 2.05) is 0 Å². The van der Waals surface area contributed by atoms with Crippen LogP contribution in [0.5, 0.6) is 0 Å². The van der Waals surface area contributed by atoms with E-state index >= 15 is 0 Å². The molecule has 2 aromatic carbocycles. The van der Waals surface area contributed by atoms with E-state index in [1.54, 1.807) is 50.2 Å². The van der Waals surface area contributed by atoms with Crippen LogP contribution in [-0.2, 0) is 0 Å². The SMILES string of the molecule is C=C(C)c1c(C#N)cccc1C(=O)Nc1ccc(N)c(C(C)=N)c1. The average Bonchev–Trinajstić information content (AvgIpc) is 2.55. The number of rotatable bonds is 4. The van der Waals surface area contributed by atoms with Gasteiger partial charge < -0.3 is 16.5 Å². The van der Waals surface area contributed by atoms with E-state index < -0.39 is 0 Å². The van der Waals surface area contributed by atoms with Crippen LogP contribution in [0.15, 0.2) is 43.0 Å². The summed E-state index contributed by atoms with van der Waals surface area (Å²) in [5, 5.41) is 19.7. The molecule has 0 aliphatic heterocycles. The number of nitriles is 1. The molecule has 24 heavy (non-hydrogen) atoms. The molecular formula is C19H18N4O. The van der Waals surface area contributed by atoms with E-state index in [0.29, 0.717) is 44.9 Å². The van der Waals surface area contributed by atoms with Gasteiger partial charge in [-0.2, -0.15) is 5.26 Å². The zero-order valence-corrected chi connectivity index (χ0v) is 13.6. The Balaban J connectivity index is 2.42. The lowest BCUT2D eigenvalue weighted by Crippen LogP contribution is -2.15. The second-order valence-electron chi connectivity index (χ2n) is 5.50. The lowest BCUT2D eigenvalue weighted by atomic mass is 9.96. The number of benzene rings is 2. The van der Waals surface area contributed by atoms with Gasteiger partial charge in [-0.1, -0.05) is 12.6 Å². The van der Waals surface area contributed by atoms with E-state index in [-0.39, 0.29) is 5.91 Å². The van der Waals surface area contributed by atoms with Gasteiger partial charge in [0.05, 0.1) is 11.6 Å². The van der Waals surface area contributed by atoms with Crippen LogP contribution in [0.25, 0.3) is 5.57 Å². The highest BCUT2D eigenvalue weighted by molar-refractivity contribution is 6.09. The molecule has 0 aromatic heterocycles. The molecule has 2 rings (SSSR count). The monoisotopic (exact) mass is 318 g/mol. The third-order valence-electron chi connectivity index (χ3n) is 3.57. The Labute approximate surface area is 140 Å². The van der Waals surface area contributed by atoms with Gasteiger partial charge in [-0.05, 0) is 49.8 Å². The maximum absolute atomic E-state index is 12.6. The average molecular weight is 318 g/mol. The Morgan fingerprint density at radius 1 is 1.25 bits per heavy atom. The maximum Gasteiger partial charge on any atom is 0.256 e. The fourth-order valence-electron chi connectivity index (χ4n) is 2.45. The molecular weight excluding hydrogens is 300 g/mol. The van der Waals surface area contributed by atoms with Crippen molar-refractivity contribution in [3.63, 3.8) is 0 Å². The van der Waals surface area contributed by atoms with E-state index in [1.165, 1.54) is 0 Å². The number of nitrogens with zero attached hydrogens (tertiary/aromatic N) is 1. The zero-order chi connectivity index (χ0) is 17.9. The van der Waals surface area contributed by atoms with Gasteiger partial charge in [0.2, 0.25) is 0 Å². The van der Waals surface area contributed by atoms with Crippen LogP contribution in [0.1, 0.15) is 40.9 Å². The highest BCUT2D eigenvalue weighted by atomic mass is 16.1. The number of nitrogens with two attached hydrogens (primary N) is 1. The number of anilines is 2.